The van der Waals surface area contributed by atoms with Gasteiger partial charge in [-0.25, -0.2) is 14.0 Å². The SMILES string of the molecule is CCCCCC(F)c1ccc(N2C(=O)OC[C@@H]2COCc2ccc(C(=O)OCCN3CCOCC3)s2)cc1. The van der Waals surface area contributed by atoms with E-state index in [9.17, 15) is 14.0 Å². The number of esters is 1. The van der Waals surface area contributed by atoms with Crippen LogP contribution in [0.1, 0.15) is 58.9 Å². The maximum atomic E-state index is 14.5. The number of anilines is 1. The minimum Gasteiger partial charge on any atom is -0.460 e. The summed E-state index contributed by atoms with van der Waals surface area (Å²) in [5, 5.41) is 0. The molecule has 0 bridgehead atoms. The van der Waals surface area contributed by atoms with Crippen LogP contribution < -0.4 is 4.90 Å². The number of carbonyl (C=O) groups excluding carboxylic acids is 2. The van der Waals surface area contributed by atoms with Crippen LogP contribution in [0.5, 0.6) is 0 Å². The van der Waals surface area contributed by atoms with E-state index in [1.807, 2.05) is 6.07 Å². The maximum absolute atomic E-state index is 14.5. The number of benzene rings is 1. The van der Waals surface area contributed by atoms with Gasteiger partial charge < -0.3 is 18.9 Å². The Morgan fingerprint density at radius 1 is 1.16 bits per heavy atom. The number of unbranched alkanes of at least 4 members (excludes halogenated alkanes) is 2. The molecule has 1 aromatic carbocycles. The minimum atomic E-state index is -1.00. The number of hydrogen-bond acceptors (Lipinski definition) is 8. The predicted molar refractivity (Wildman–Crippen MR) is 144 cm³/mol. The highest BCUT2D eigenvalue weighted by atomic mass is 32.1. The Balaban J connectivity index is 1.22. The molecule has 1 unspecified atom stereocenters. The summed E-state index contributed by atoms with van der Waals surface area (Å²) in [6, 6.07) is 10.3. The van der Waals surface area contributed by atoms with Gasteiger partial charge in [0, 0.05) is 30.2 Å². The van der Waals surface area contributed by atoms with E-state index in [0.29, 0.717) is 55.5 Å². The number of hydrogen-bond donors (Lipinski definition) is 0. The van der Waals surface area contributed by atoms with E-state index in [4.69, 9.17) is 18.9 Å². The molecule has 0 radical (unpaired) electrons. The lowest BCUT2D eigenvalue weighted by Crippen LogP contribution is -2.38. The van der Waals surface area contributed by atoms with Crippen molar-refractivity contribution in [3.8, 4) is 0 Å². The van der Waals surface area contributed by atoms with Gasteiger partial charge >= 0.3 is 12.1 Å². The van der Waals surface area contributed by atoms with E-state index in [2.05, 4.69) is 11.8 Å². The van der Waals surface area contributed by atoms with Gasteiger partial charge in [0.25, 0.3) is 0 Å². The molecular formula is C28H37FN2O6S. The second kappa shape index (κ2) is 14.6. The molecule has 0 N–H and O–H groups in total. The van der Waals surface area contributed by atoms with E-state index in [-0.39, 0.29) is 25.2 Å². The number of nitrogens with zero attached hydrogens (tertiary/aromatic N) is 2. The van der Waals surface area contributed by atoms with Gasteiger partial charge in [0.15, 0.2) is 0 Å². The van der Waals surface area contributed by atoms with Crippen molar-refractivity contribution < 1.29 is 32.9 Å². The van der Waals surface area contributed by atoms with Crippen LogP contribution in [0.2, 0.25) is 0 Å². The minimum absolute atomic E-state index is 0.217. The summed E-state index contributed by atoms with van der Waals surface area (Å²) in [5.74, 6) is -0.334. The zero-order valence-corrected chi connectivity index (χ0v) is 22.8. The molecule has 0 spiro atoms. The van der Waals surface area contributed by atoms with Crippen molar-refractivity contribution >= 4 is 29.1 Å². The summed E-state index contributed by atoms with van der Waals surface area (Å²) >= 11 is 1.34. The van der Waals surface area contributed by atoms with E-state index in [0.717, 1.165) is 37.2 Å². The third-order valence-corrected chi connectivity index (χ3v) is 7.76. The number of amides is 1. The number of morpholine rings is 1. The molecule has 1 aromatic heterocycles. The summed E-state index contributed by atoms with van der Waals surface area (Å²) < 4.78 is 36.4. The first-order valence-electron chi connectivity index (χ1n) is 13.4. The molecule has 2 fully saturated rings. The topological polar surface area (TPSA) is 77.5 Å². The van der Waals surface area contributed by atoms with Gasteiger partial charge in [-0.3, -0.25) is 9.80 Å². The zero-order valence-electron chi connectivity index (χ0n) is 21.9. The number of ether oxygens (including phenoxy) is 4. The number of alkyl halides is 1. The molecule has 2 aliphatic rings. The van der Waals surface area contributed by atoms with E-state index >= 15 is 0 Å². The van der Waals surface area contributed by atoms with Crippen molar-refractivity contribution in [1.82, 2.24) is 4.90 Å². The van der Waals surface area contributed by atoms with Crippen molar-refractivity contribution in [3.05, 3.63) is 51.7 Å². The predicted octanol–water partition coefficient (Wildman–Crippen LogP) is 5.37. The van der Waals surface area contributed by atoms with Crippen LogP contribution in [-0.4, -0.2) is 75.7 Å². The fraction of sp³-hybridized carbons (Fsp3) is 0.571. The number of carbonyl (C=O) groups is 2. The summed E-state index contributed by atoms with van der Waals surface area (Å²) in [4.78, 5) is 30.0. The smallest absolute Gasteiger partial charge is 0.414 e. The first-order chi connectivity index (χ1) is 18.5. The standard InChI is InChI=1S/C28H37FN2O6S/c1-2-3-4-5-25(29)21-6-8-22(9-7-21)31-23(19-37-28(31)33)18-35-20-24-10-11-26(38-24)27(32)36-17-14-30-12-15-34-16-13-30/h6-11,23,25H,2-5,12-20H2,1H3/t23-,25?/m0/s1. The van der Waals surface area contributed by atoms with Gasteiger partial charge in [0.1, 0.15) is 24.3 Å². The van der Waals surface area contributed by atoms with Crippen molar-refractivity contribution in [2.75, 3.05) is 57.6 Å². The van der Waals surface area contributed by atoms with Crippen LogP contribution in [0.4, 0.5) is 14.9 Å². The second-order valence-corrected chi connectivity index (χ2v) is 10.7. The lowest BCUT2D eigenvalue weighted by atomic mass is 10.0. The Bertz CT molecular complexity index is 1030. The van der Waals surface area contributed by atoms with Crippen molar-refractivity contribution in [3.63, 3.8) is 0 Å². The average Bonchev–Trinajstić information content (AvgIpc) is 3.56. The van der Waals surface area contributed by atoms with Crippen LogP contribution >= 0.6 is 11.3 Å². The molecular weight excluding hydrogens is 511 g/mol. The molecule has 2 atom stereocenters. The zero-order chi connectivity index (χ0) is 26.7. The summed E-state index contributed by atoms with van der Waals surface area (Å²) in [5.41, 5.74) is 1.28. The third-order valence-electron chi connectivity index (χ3n) is 6.72. The van der Waals surface area contributed by atoms with Crippen molar-refractivity contribution in [2.24, 2.45) is 0 Å². The molecule has 10 heteroatoms. The van der Waals surface area contributed by atoms with Gasteiger partial charge in [-0.2, -0.15) is 0 Å². The van der Waals surface area contributed by atoms with Gasteiger partial charge in [0.2, 0.25) is 0 Å². The highest BCUT2D eigenvalue weighted by Crippen LogP contribution is 2.29. The molecule has 208 valence electrons. The van der Waals surface area contributed by atoms with Crippen LogP contribution in [0, 0.1) is 0 Å². The molecule has 2 aromatic rings. The Kier molecular flexibility index (Phi) is 10.9. The van der Waals surface area contributed by atoms with Gasteiger partial charge in [-0.1, -0.05) is 38.3 Å². The molecule has 4 rings (SSSR count). The number of cyclic esters (lactones) is 1. The molecule has 0 aliphatic carbocycles. The Labute approximate surface area is 227 Å². The van der Waals surface area contributed by atoms with Crippen LogP contribution in [-0.2, 0) is 25.6 Å². The molecule has 8 nitrogen and oxygen atoms in total. The fourth-order valence-corrected chi connectivity index (χ4v) is 5.35. The van der Waals surface area contributed by atoms with Crippen molar-refractivity contribution in [2.45, 2.75) is 51.4 Å². The lowest BCUT2D eigenvalue weighted by molar-refractivity contribution is 0.0197. The third kappa shape index (κ3) is 7.99. The second-order valence-electron chi connectivity index (χ2n) is 9.53. The van der Waals surface area contributed by atoms with Crippen LogP contribution in [0.15, 0.2) is 36.4 Å². The molecule has 1 amide bonds. The van der Waals surface area contributed by atoms with E-state index in [1.54, 1.807) is 35.2 Å². The molecule has 2 aliphatic heterocycles. The summed E-state index contributed by atoms with van der Waals surface area (Å²) in [7, 11) is 0. The summed E-state index contributed by atoms with van der Waals surface area (Å²) in [6.07, 6.45) is 2.00. The van der Waals surface area contributed by atoms with Gasteiger partial charge in [-0.05, 0) is 36.2 Å². The quantitative estimate of drug-likeness (QED) is 0.232. The number of halogens is 1. The normalized spacial score (nSPS) is 18.9. The first-order valence-corrected chi connectivity index (χ1v) is 14.2. The van der Waals surface area contributed by atoms with Crippen molar-refractivity contribution in [1.29, 1.82) is 0 Å². The Hall–Kier alpha value is -2.53. The fourth-order valence-electron chi connectivity index (χ4n) is 4.51. The highest BCUT2D eigenvalue weighted by Gasteiger charge is 2.34. The molecule has 0 saturated carbocycles. The van der Waals surface area contributed by atoms with Gasteiger partial charge in [-0.15, -0.1) is 11.3 Å². The number of thiophene rings is 1. The van der Waals surface area contributed by atoms with Gasteiger partial charge in [0.05, 0.1) is 32.5 Å². The molecule has 2 saturated heterocycles. The largest absolute Gasteiger partial charge is 0.460 e. The molecule has 38 heavy (non-hydrogen) atoms. The average molecular weight is 549 g/mol. The highest BCUT2D eigenvalue weighted by molar-refractivity contribution is 7.13. The van der Waals surface area contributed by atoms with E-state index in [1.165, 1.54) is 11.3 Å². The maximum Gasteiger partial charge on any atom is 0.414 e. The summed E-state index contributed by atoms with van der Waals surface area (Å²) in [6.45, 7) is 7.09. The Morgan fingerprint density at radius 3 is 2.71 bits per heavy atom. The lowest BCUT2D eigenvalue weighted by Gasteiger charge is -2.26. The van der Waals surface area contributed by atoms with E-state index < -0.39 is 12.3 Å². The first kappa shape index (κ1) is 28.5. The monoisotopic (exact) mass is 548 g/mol. The Morgan fingerprint density at radius 2 is 1.95 bits per heavy atom. The molecule has 3 heterocycles. The van der Waals surface area contributed by atoms with Crippen LogP contribution in [0.3, 0.4) is 0 Å². The number of rotatable bonds is 14. The van der Waals surface area contributed by atoms with Crippen LogP contribution in [0.25, 0.3) is 0 Å².